The highest BCUT2D eigenvalue weighted by molar-refractivity contribution is 5.53. The maximum atomic E-state index is 9.65. The van der Waals surface area contributed by atoms with Crippen molar-refractivity contribution in [1.82, 2.24) is 0 Å². The summed E-state index contributed by atoms with van der Waals surface area (Å²) < 4.78 is 5.15. The molecule has 0 amide bonds. The standard InChI is InChI=1S/C11H13NO2/c1-7-6-9(4-5-12)11(14-3)8(2)10(7)13/h6,13H,4H2,1-3H3. The zero-order valence-corrected chi connectivity index (χ0v) is 8.59. The van der Waals surface area contributed by atoms with E-state index in [1.807, 2.05) is 6.92 Å². The van der Waals surface area contributed by atoms with E-state index in [9.17, 15) is 5.11 Å². The van der Waals surface area contributed by atoms with Gasteiger partial charge in [0.1, 0.15) is 11.5 Å². The Bertz CT molecular complexity index is 391. The summed E-state index contributed by atoms with van der Waals surface area (Å²) in [7, 11) is 1.54. The molecule has 0 saturated carbocycles. The van der Waals surface area contributed by atoms with E-state index in [1.165, 1.54) is 7.11 Å². The Kier molecular flexibility index (Phi) is 2.98. The van der Waals surface area contributed by atoms with Gasteiger partial charge in [0, 0.05) is 11.1 Å². The molecule has 0 saturated heterocycles. The molecule has 0 bridgehead atoms. The normalized spacial score (nSPS) is 9.57. The van der Waals surface area contributed by atoms with E-state index in [2.05, 4.69) is 6.07 Å². The zero-order chi connectivity index (χ0) is 10.7. The van der Waals surface area contributed by atoms with Crippen LogP contribution in [0.25, 0.3) is 0 Å². The molecule has 1 aromatic carbocycles. The highest BCUT2D eigenvalue weighted by Crippen LogP contribution is 2.33. The van der Waals surface area contributed by atoms with Crippen LogP contribution in [0.1, 0.15) is 16.7 Å². The van der Waals surface area contributed by atoms with Gasteiger partial charge in [0.2, 0.25) is 0 Å². The Morgan fingerprint density at radius 1 is 1.50 bits per heavy atom. The fourth-order valence-corrected chi connectivity index (χ4v) is 1.54. The summed E-state index contributed by atoms with van der Waals surface area (Å²) in [6.07, 6.45) is 0.297. The van der Waals surface area contributed by atoms with Crippen LogP contribution in [-0.4, -0.2) is 12.2 Å². The third-order valence-electron chi connectivity index (χ3n) is 2.23. The molecule has 14 heavy (non-hydrogen) atoms. The Labute approximate surface area is 83.6 Å². The number of benzene rings is 1. The molecule has 1 N–H and O–H groups in total. The van der Waals surface area contributed by atoms with Crippen LogP contribution in [0.3, 0.4) is 0 Å². The topological polar surface area (TPSA) is 53.2 Å². The average molecular weight is 191 g/mol. The van der Waals surface area contributed by atoms with Crippen molar-refractivity contribution in [3.05, 3.63) is 22.8 Å². The second-order valence-corrected chi connectivity index (χ2v) is 3.19. The van der Waals surface area contributed by atoms with Crippen LogP contribution in [0, 0.1) is 25.2 Å². The number of aromatic hydroxyl groups is 1. The van der Waals surface area contributed by atoms with E-state index in [4.69, 9.17) is 10.00 Å². The number of methoxy groups -OCH3 is 1. The van der Waals surface area contributed by atoms with Gasteiger partial charge in [0.05, 0.1) is 19.6 Å². The minimum absolute atomic E-state index is 0.239. The van der Waals surface area contributed by atoms with Gasteiger partial charge in [0.25, 0.3) is 0 Å². The van der Waals surface area contributed by atoms with E-state index in [0.29, 0.717) is 17.7 Å². The molecule has 0 radical (unpaired) electrons. The molecule has 0 fully saturated rings. The van der Waals surface area contributed by atoms with Crippen molar-refractivity contribution in [3.63, 3.8) is 0 Å². The summed E-state index contributed by atoms with van der Waals surface area (Å²) in [5.74, 6) is 0.846. The van der Waals surface area contributed by atoms with Crippen molar-refractivity contribution < 1.29 is 9.84 Å². The molecule has 1 aromatic rings. The molecule has 0 aliphatic carbocycles. The minimum atomic E-state index is 0.239. The molecule has 1 rings (SSSR count). The summed E-state index contributed by atoms with van der Waals surface area (Å²) in [5, 5.41) is 18.3. The van der Waals surface area contributed by atoms with Crippen LogP contribution < -0.4 is 4.74 Å². The number of nitriles is 1. The first-order valence-corrected chi connectivity index (χ1v) is 4.34. The first-order valence-electron chi connectivity index (χ1n) is 4.34. The van der Waals surface area contributed by atoms with Gasteiger partial charge in [-0.25, -0.2) is 0 Å². The number of rotatable bonds is 2. The Morgan fingerprint density at radius 3 is 2.64 bits per heavy atom. The number of phenolic OH excluding ortho intramolecular Hbond substituents is 1. The molecule has 0 unspecified atom stereocenters. The fourth-order valence-electron chi connectivity index (χ4n) is 1.54. The van der Waals surface area contributed by atoms with Crippen LogP contribution in [0.5, 0.6) is 11.5 Å². The third kappa shape index (κ3) is 1.64. The fraction of sp³-hybridized carbons (Fsp3) is 0.364. The second kappa shape index (κ2) is 4.01. The second-order valence-electron chi connectivity index (χ2n) is 3.19. The van der Waals surface area contributed by atoms with Gasteiger partial charge in [0.15, 0.2) is 0 Å². The summed E-state index contributed by atoms with van der Waals surface area (Å²) in [6.45, 7) is 3.59. The summed E-state index contributed by atoms with van der Waals surface area (Å²) in [6, 6.07) is 3.85. The van der Waals surface area contributed by atoms with E-state index >= 15 is 0 Å². The number of hydrogen-bond donors (Lipinski definition) is 1. The molecule has 0 aromatic heterocycles. The molecule has 0 aliphatic heterocycles. The highest BCUT2D eigenvalue weighted by atomic mass is 16.5. The number of nitrogens with zero attached hydrogens (tertiary/aromatic N) is 1. The number of aryl methyl sites for hydroxylation is 1. The Morgan fingerprint density at radius 2 is 2.14 bits per heavy atom. The van der Waals surface area contributed by atoms with Crippen LogP contribution >= 0.6 is 0 Å². The lowest BCUT2D eigenvalue weighted by Crippen LogP contribution is -1.96. The van der Waals surface area contributed by atoms with Gasteiger partial charge in [-0.05, 0) is 25.5 Å². The summed E-state index contributed by atoms with van der Waals surface area (Å²) in [4.78, 5) is 0. The molecular formula is C11H13NO2. The Hall–Kier alpha value is -1.69. The molecule has 0 atom stereocenters. The molecular weight excluding hydrogens is 178 g/mol. The van der Waals surface area contributed by atoms with Crippen molar-refractivity contribution in [2.45, 2.75) is 20.3 Å². The van der Waals surface area contributed by atoms with Crippen LogP contribution in [-0.2, 0) is 6.42 Å². The first kappa shape index (κ1) is 10.4. The van der Waals surface area contributed by atoms with Crippen molar-refractivity contribution in [3.8, 4) is 17.6 Å². The quantitative estimate of drug-likeness (QED) is 0.778. The van der Waals surface area contributed by atoms with Gasteiger partial charge in [-0.1, -0.05) is 0 Å². The molecule has 0 heterocycles. The predicted octanol–water partition coefficient (Wildman–Crippen LogP) is 2.08. The monoisotopic (exact) mass is 191 g/mol. The number of phenols is 1. The van der Waals surface area contributed by atoms with E-state index in [0.717, 1.165) is 11.1 Å². The zero-order valence-electron chi connectivity index (χ0n) is 8.59. The number of hydrogen-bond acceptors (Lipinski definition) is 3. The third-order valence-corrected chi connectivity index (χ3v) is 2.23. The van der Waals surface area contributed by atoms with Gasteiger partial charge in [-0.15, -0.1) is 0 Å². The Balaban J connectivity index is 3.37. The lowest BCUT2D eigenvalue weighted by atomic mass is 10.0. The first-order chi connectivity index (χ1) is 6.61. The van der Waals surface area contributed by atoms with Crippen molar-refractivity contribution in [2.24, 2.45) is 0 Å². The number of ether oxygens (including phenoxy) is 1. The highest BCUT2D eigenvalue weighted by Gasteiger charge is 2.12. The van der Waals surface area contributed by atoms with Gasteiger partial charge in [-0.3, -0.25) is 0 Å². The SMILES string of the molecule is COc1c(CC#N)cc(C)c(O)c1C. The predicted molar refractivity (Wildman–Crippen MR) is 53.4 cm³/mol. The molecule has 0 aliphatic rings. The summed E-state index contributed by atoms with van der Waals surface area (Å²) in [5.41, 5.74) is 2.29. The van der Waals surface area contributed by atoms with Crippen molar-refractivity contribution in [2.75, 3.05) is 7.11 Å². The molecule has 74 valence electrons. The lowest BCUT2D eigenvalue weighted by Gasteiger charge is -2.12. The van der Waals surface area contributed by atoms with E-state index in [-0.39, 0.29) is 5.75 Å². The molecule has 0 spiro atoms. The molecule has 3 nitrogen and oxygen atoms in total. The van der Waals surface area contributed by atoms with Crippen LogP contribution in [0.2, 0.25) is 0 Å². The van der Waals surface area contributed by atoms with Crippen molar-refractivity contribution in [1.29, 1.82) is 5.26 Å². The maximum absolute atomic E-state index is 9.65. The van der Waals surface area contributed by atoms with Crippen LogP contribution in [0.15, 0.2) is 6.07 Å². The van der Waals surface area contributed by atoms with E-state index in [1.54, 1.807) is 13.0 Å². The van der Waals surface area contributed by atoms with Crippen LogP contribution in [0.4, 0.5) is 0 Å². The minimum Gasteiger partial charge on any atom is -0.507 e. The van der Waals surface area contributed by atoms with Crippen molar-refractivity contribution >= 4 is 0 Å². The summed E-state index contributed by atoms with van der Waals surface area (Å²) >= 11 is 0. The van der Waals surface area contributed by atoms with Gasteiger partial charge in [-0.2, -0.15) is 5.26 Å². The van der Waals surface area contributed by atoms with Gasteiger partial charge < -0.3 is 9.84 Å². The van der Waals surface area contributed by atoms with Gasteiger partial charge >= 0.3 is 0 Å². The largest absolute Gasteiger partial charge is 0.507 e. The smallest absolute Gasteiger partial charge is 0.129 e. The lowest BCUT2D eigenvalue weighted by molar-refractivity contribution is 0.398. The van der Waals surface area contributed by atoms with E-state index < -0.39 is 0 Å². The molecule has 3 heteroatoms. The maximum Gasteiger partial charge on any atom is 0.129 e. The average Bonchev–Trinajstić information content (AvgIpc) is 2.16.